The fourth-order valence-electron chi connectivity index (χ4n) is 1.69. The van der Waals surface area contributed by atoms with Gasteiger partial charge in [-0.15, -0.1) is 0 Å². The maximum Gasteiger partial charge on any atom is 0.287 e. The SMILES string of the molecule is Bc1cc(NC(=N)c2nonc2OCCNC(=N)N)ccc1F. The number of nitrogens with zero attached hydrogens (tertiary/aromatic N) is 2. The molecule has 9 nitrogen and oxygen atoms in total. The summed E-state index contributed by atoms with van der Waals surface area (Å²) in [5, 5.41) is 27.5. The number of rotatable bonds is 6. The lowest BCUT2D eigenvalue weighted by Crippen LogP contribution is -2.33. The second kappa shape index (κ2) is 7.25. The van der Waals surface area contributed by atoms with E-state index < -0.39 is 0 Å². The van der Waals surface area contributed by atoms with Gasteiger partial charge >= 0.3 is 0 Å². The van der Waals surface area contributed by atoms with Gasteiger partial charge in [0.15, 0.2) is 11.8 Å². The van der Waals surface area contributed by atoms with Crippen molar-refractivity contribution in [1.82, 2.24) is 15.6 Å². The fraction of sp³-hybridized carbons (Fsp3) is 0.167. The molecular formula is C12H15BFN7O2. The van der Waals surface area contributed by atoms with Crippen molar-refractivity contribution in [2.24, 2.45) is 5.73 Å². The molecule has 0 saturated heterocycles. The summed E-state index contributed by atoms with van der Waals surface area (Å²) in [5.41, 5.74) is 6.20. The molecule has 0 atom stereocenters. The molecule has 2 rings (SSSR count). The predicted octanol–water partition coefficient (Wildman–Crippen LogP) is -1.23. The molecule has 1 aromatic heterocycles. The Morgan fingerprint density at radius 2 is 2.17 bits per heavy atom. The summed E-state index contributed by atoms with van der Waals surface area (Å²) in [6, 6.07) is 4.37. The summed E-state index contributed by atoms with van der Waals surface area (Å²) in [4.78, 5) is 0. The zero-order valence-corrected chi connectivity index (χ0v) is 12.3. The minimum atomic E-state index is -0.327. The predicted molar refractivity (Wildman–Crippen MR) is 84.7 cm³/mol. The van der Waals surface area contributed by atoms with E-state index in [0.717, 1.165) is 0 Å². The van der Waals surface area contributed by atoms with Gasteiger partial charge in [0.2, 0.25) is 5.69 Å². The molecule has 23 heavy (non-hydrogen) atoms. The quantitative estimate of drug-likeness (QED) is 0.194. The smallest absolute Gasteiger partial charge is 0.287 e. The van der Waals surface area contributed by atoms with E-state index in [-0.39, 0.29) is 35.8 Å². The zero-order valence-electron chi connectivity index (χ0n) is 12.3. The fourth-order valence-corrected chi connectivity index (χ4v) is 1.69. The highest BCUT2D eigenvalue weighted by Gasteiger charge is 2.17. The number of hydrogen-bond donors (Lipinski definition) is 5. The van der Waals surface area contributed by atoms with Crippen LogP contribution < -0.4 is 26.6 Å². The molecule has 0 radical (unpaired) electrons. The number of amidine groups is 1. The van der Waals surface area contributed by atoms with Gasteiger partial charge in [-0.05, 0) is 28.5 Å². The maximum atomic E-state index is 13.2. The molecule has 0 aliphatic rings. The van der Waals surface area contributed by atoms with Crippen molar-refractivity contribution in [3.63, 3.8) is 0 Å². The Hall–Kier alpha value is -3.11. The molecule has 1 heterocycles. The lowest BCUT2D eigenvalue weighted by molar-refractivity contribution is 0.258. The van der Waals surface area contributed by atoms with E-state index in [1.165, 1.54) is 12.1 Å². The minimum absolute atomic E-state index is 0.0340. The number of ether oxygens (including phenoxy) is 1. The third kappa shape index (κ3) is 4.43. The zero-order chi connectivity index (χ0) is 16.8. The van der Waals surface area contributed by atoms with Crippen molar-refractivity contribution in [1.29, 1.82) is 10.8 Å². The topological polar surface area (TPSA) is 146 Å². The lowest BCUT2D eigenvalue weighted by atomic mass is 9.95. The molecule has 0 unspecified atom stereocenters. The Bertz CT molecular complexity index is 721. The van der Waals surface area contributed by atoms with Gasteiger partial charge in [0.1, 0.15) is 20.3 Å². The number of benzene rings is 1. The minimum Gasteiger partial charge on any atom is -0.472 e. The number of guanidine groups is 1. The number of anilines is 1. The highest BCUT2D eigenvalue weighted by Crippen LogP contribution is 2.15. The molecule has 120 valence electrons. The number of nitrogens with one attached hydrogen (secondary N) is 4. The van der Waals surface area contributed by atoms with E-state index in [4.69, 9.17) is 21.3 Å². The van der Waals surface area contributed by atoms with Crippen molar-refractivity contribution in [3.05, 3.63) is 29.7 Å². The maximum absolute atomic E-state index is 13.2. The van der Waals surface area contributed by atoms with E-state index in [9.17, 15) is 4.39 Å². The Labute approximate surface area is 131 Å². The Kier molecular flexibility index (Phi) is 5.13. The summed E-state index contributed by atoms with van der Waals surface area (Å²) in [6.07, 6.45) is 0. The van der Waals surface area contributed by atoms with E-state index in [2.05, 4.69) is 25.6 Å². The number of hydrogen-bond acceptors (Lipinski definition) is 6. The van der Waals surface area contributed by atoms with E-state index in [1.807, 2.05) is 0 Å². The van der Waals surface area contributed by atoms with E-state index >= 15 is 0 Å². The van der Waals surface area contributed by atoms with E-state index in [0.29, 0.717) is 17.7 Å². The van der Waals surface area contributed by atoms with Crippen LogP contribution in [0.25, 0.3) is 0 Å². The highest BCUT2D eigenvalue weighted by atomic mass is 19.1. The second-order valence-corrected chi connectivity index (χ2v) is 4.57. The Morgan fingerprint density at radius 3 is 2.87 bits per heavy atom. The van der Waals surface area contributed by atoms with Crippen LogP contribution in [0.1, 0.15) is 5.69 Å². The van der Waals surface area contributed by atoms with Crippen LogP contribution >= 0.6 is 0 Å². The Morgan fingerprint density at radius 1 is 1.39 bits per heavy atom. The lowest BCUT2D eigenvalue weighted by Gasteiger charge is -2.08. The normalized spacial score (nSPS) is 10.1. The van der Waals surface area contributed by atoms with Gasteiger partial charge in [-0.25, -0.2) is 9.02 Å². The molecule has 0 fully saturated rings. The van der Waals surface area contributed by atoms with Crippen molar-refractivity contribution < 1.29 is 13.8 Å². The first-order valence-electron chi connectivity index (χ1n) is 6.62. The Balaban J connectivity index is 1.98. The van der Waals surface area contributed by atoms with Crippen LogP contribution in [0, 0.1) is 16.6 Å². The van der Waals surface area contributed by atoms with Gasteiger partial charge < -0.3 is 21.1 Å². The van der Waals surface area contributed by atoms with Gasteiger partial charge in [0.05, 0.1) is 6.54 Å². The molecule has 0 saturated carbocycles. The first-order chi connectivity index (χ1) is 11.0. The molecule has 0 bridgehead atoms. The monoisotopic (exact) mass is 319 g/mol. The van der Waals surface area contributed by atoms with Gasteiger partial charge in [0.25, 0.3) is 5.88 Å². The number of halogens is 1. The van der Waals surface area contributed by atoms with Crippen molar-refractivity contribution >= 4 is 30.8 Å². The van der Waals surface area contributed by atoms with Crippen LogP contribution in [-0.4, -0.2) is 43.1 Å². The molecule has 2 aromatic rings. The highest BCUT2D eigenvalue weighted by molar-refractivity contribution is 6.32. The number of nitrogens with two attached hydrogens (primary N) is 1. The third-order valence-corrected chi connectivity index (χ3v) is 2.78. The van der Waals surface area contributed by atoms with Crippen molar-refractivity contribution in [2.75, 3.05) is 18.5 Å². The second-order valence-electron chi connectivity index (χ2n) is 4.57. The van der Waals surface area contributed by atoms with Crippen LogP contribution in [0.3, 0.4) is 0 Å². The molecule has 0 aliphatic heterocycles. The summed E-state index contributed by atoms with van der Waals surface area (Å²) in [5.74, 6) is -0.571. The van der Waals surface area contributed by atoms with Crippen LogP contribution in [0.5, 0.6) is 5.88 Å². The van der Waals surface area contributed by atoms with E-state index in [1.54, 1.807) is 13.9 Å². The summed E-state index contributed by atoms with van der Waals surface area (Å²) < 4.78 is 23.1. The summed E-state index contributed by atoms with van der Waals surface area (Å²) >= 11 is 0. The van der Waals surface area contributed by atoms with Gasteiger partial charge in [-0.2, -0.15) is 0 Å². The average Bonchev–Trinajstić information content (AvgIpc) is 2.96. The molecule has 0 aliphatic carbocycles. The molecule has 0 spiro atoms. The molecule has 0 amide bonds. The van der Waals surface area contributed by atoms with Crippen molar-refractivity contribution in [3.8, 4) is 5.88 Å². The summed E-state index contributed by atoms with van der Waals surface area (Å²) in [6.45, 7) is 0.448. The van der Waals surface area contributed by atoms with Crippen molar-refractivity contribution in [2.45, 2.75) is 0 Å². The first kappa shape index (κ1) is 16.3. The largest absolute Gasteiger partial charge is 0.472 e. The van der Waals surface area contributed by atoms with Crippen LogP contribution in [-0.2, 0) is 0 Å². The van der Waals surface area contributed by atoms with Gasteiger partial charge in [-0.3, -0.25) is 10.8 Å². The van der Waals surface area contributed by atoms with Crippen LogP contribution in [0.15, 0.2) is 22.8 Å². The van der Waals surface area contributed by atoms with Gasteiger partial charge in [-0.1, -0.05) is 5.46 Å². The third-order valence-electron chi connectivity index (χ3n) is 2.78. The first-order valence-corrected chi connectivity index (χ1v) is 6.62. The average molecular weight is 319 g/mol. The van der Waals surface area contributed by atoms with Crippen LogP contribution in [0.2, 0.25) is 0 Å². The summed E-state index contributed by atoms with van der Waals surface area (Å²) in [7, 11) is 1.62. The molecular weight excluding hydrogens is 304 g/mol. The van der Waals surface area contributed by atoms with Crippen LogP contribution in [0.4, 0.5) is 10.1 Å². The molecule has 6 N–H and O–H groups in total. The standard InChI is InChI=1S/C12H15BFN7O2/c13-7-5-6(1-2-8(7)14)19-10(15)9-11(21-23-20-9)22-4-3-18-12(16)17/h1-2,5H,3-4,13H2,(H2,15,19)(H4,16,17,18). The molecule has 1 aromatic carbocycles. The molecule has 11 heteroatoms. The number of aromatic nitrogens is 2. The van der Waals surface area contributed by atoms with Gasteiger partial charge in [0, 0.05) is 5.69 Å².